The van der Waals surface area contributed by atoms with E-state index in [4.69, 9.17) is 0 Å². The Bertz CT molecular complexity index is 593. The van der Waals surface area contributed by atoms with E-state index in [2.05, 4.69) is 5.32 Å². The Morgan fingerprint density at radius 1 is 1.15 bits per heavy atom. The highest BCUT2D eigenvalue weighted by Gasteiger charge is 2.18. The predicted octanol–water partition coefficient (Wildman–Crippen LogP) is 3.70. The van der Waals surface area contributed by atoms with Crippen LogP contribution in [-0.4, -0.2) is 19.5 Å². The molecule has 104 valence electrons. The summed E-state index contributed by atoms with van der Waals surface area (Å²) in [5.41, 5.74) is 3.56. The van der Waals surface area contributed by atoms with Crippen LogP contribution in [0.3, 0.4) is 0 Å². The van der Waals surface area contributed by atoms with Gasteiger partial charge in [0.05, 0.1) is 5.56 Å². The van der Waals surface area contributed by atoms with Crippen molar-refractivity contribution in [2.75, 3.05) is 23.8 Å². The highest BCUT2D eigenvalue weighted by atomic mass is 16.2. The molecule has 3 heteroatoms. The minimum absolute atomic E-state index is 0.0201. The molecule has 0 aliphatic carbocycles. The van der Waals surface area contributed by atoms with E-state index in [0.717, 1.165) is 16.9 Å². The van der Waals surface area contributed by atoms with Crippen LogP contribution in [0.5, 0.6) is 0 Å². The van der Waals surface area contributed by atoms with Gasteiger partial charge in [-0.15, -0.1) is 0 Å². The maximum absolute atomic E-state index is 12.8. The topological polar surface area (TPSA) is 32.3 Å². The summed E-state index contributed by atoms with van der Waals surface area (Å²) in [6, 6.07) is 15.6. The molecule has 0 fully saturated rings. The predicted molar refractivity (Wildman–Crippen MR) is 84.5 cm³/mol. The smallest absolute Gasteiger partial charge is 0.260 e. The summed E-state index contributed by atoms with van der Waals surface area (Å²) < 4.78 is 0. The molecule has 0 aromatic heterocycles. The molecule has 0 aliphatic rings. The molecule has 0 saturated heterocycles. The number of amides is 1. The maximum atomic E-state index is 12.8. The first-order valence-corrected chi connectivity index (χ1v) is 6.82. The van der Waals surface area contributed by atoms with Crippen LogP contribution < -0.4 is 10.2 Å². The summed E-state index contributed by atoms with van der Waals surface area (Å²) in [5, 5.41) is 3.09. The lowest BCUT2D eigenvalue weighted by molar-refractivity contribution is 0.0989. The van der Waals surface area contributed by atoms with E-state index < -0.39 is 0 Å². The number of para-hydroxylation sites is 1. The molecule has 0 heterocycles. The van der Waals surface area contributed by atoms with E-state index >= 15 is 0 Å². The number of nitrogens with zero attached hydrogens (tertiary/aromatic N) is 1. The molecule has 0 aliphatic heterocycles. The van der Waals surface area contributed by atoms with Gasteiger partial charge in [-0.3, -0.25) is 4.79 Å². The van der Waals surface area contributed by atoms with Crippen molar-refractivity contribution in [2.24, 2.45) is 0 Å². The standard InChI is InChI=1S/C17H20N2O/c1-4-19(14-8-6-5-7-9-14)17(20)15-12-13(2)10-11-16(15)18-3/h5-12,18H,4H2,1-3H3. The number of rotatable bonds is 4. The van der Waals surface area contributed by atoms with E-state index in [1.54, 1.807) is 4.90 Å². The largest absolute Gasteiger partial charge is 0.387 e. The Morgan fingerprint density at radius 3 is 2.45 bits per heavy atom. The van der Waals surface area contributed by atoms with Gasteiger partial charge in [0.2, 0.25) is 0 Å². The molecule has 3 nitrogen and oxygen atoms in total. The van der Waals surface area contributed by atoms with Gasteiger partial charge in [0.15, 0.2) is 0 Å². The third kappa shape index (κ3) is 2.82. The van der Waals surface area contributed by atoms with Crippen LogP contribution in [0.2, 0.25) is 0 Å². The number of aryl methyl sites for hydroxylation is 1. The maximum Gasteiger partial charge on any atom is 0.260 e. The molecule has 0 radical (unpaired) electrons. The summed E-state index contributed by atoms with van der Waals surface area (Å²) in [6.07, 6.45) is 0. The Morgan fingerprint density at radius 2 is 1.85 bits per heavy atom. The van der Waals surface area contributed by atoms with Crippen LogP contribution in [0.15, 0.2) is 48.5 Å². The van der Waals surface area contributed by atoms with Crippen molar-refractivity contribution in [3.8, 4) is 0 Å². The Hall–Kier alpha value is -2.29. The fraction of sp³-hybridized carbons (Fsp3) is 0.235. The van der Waals surface area contributed by atoms with E-state index in [1.807, 2.05) is 69.4 Å². The second kappa shape index (κ2) is 6.24. The molecular weight excluding hydrogens is 248 g/mol. The molecule has 2 aromatic rings. The van der Waals surface area contributed by atoms with Crippen molar-refractivity contribution >= 4 is 17.3 Å². The molecule has 0 atom stereocenters. The number of nitrogens with one attached hydrogen (secondary N) is 1. The first kappa shape index (κ1) is 14.1. The minimum atomic E-state index is 0.0201. The molecule has 2 aromatic carbocycles. The van der Waals surface area contributed by atoms with Gasteiger partial charge in [-0.05, 0) is 38.1 Å². The zero-order valence-corrected chi connectivity index (χ0v) is 12.2. The highest BCUT2D eigenvalue weighted by Crippen LogP contribution is 2.22. The molecular formula is C17H20N2O. The van der Waals surface area contributed by atoms with Gasteiger partial charge in [0.25, 0.3) is 5.91 Å². The molecule has 0 bridgehead atoms. The van der Waals surface area contributed by atoms with Crippen LogP contribution in [-0.2, 0) is 0 Å². The lowest BCUT2D eigenvalue weighted by atomic mass is 10.1. The Labute approximate surface area is 120 Å². The lowest BCUT2D eigenvalue weighted by Crippen LogP contribution is -2.31. The van der Waals surface area contributed by atoms with Gasteiger partial charge in [-0.25, -0.2) is 0 Å². The van der Waals surface area contributed by atoms with Crippen LogP contribution >= 0.6 is 0 Å². The van der Waals surface area contributed by atoms with Crippen molar-refractivity contribution in [2.45, 2.75) is 13.8 Å². The quantitative estimate of drug-likeness (QED) is 0.917. The van der Waals surface area contributed by atoms with Crippen LogP contribution in [0.4, 0.5) is 11.4 Å². The van der Waals surface area contributed by atoms with E-state index in [0.29, 0.717) is 12.1 Å². The third-order valence-corrected chi connectivity index (χ3v) is 3.30. The van der Waals surface area contributed by atoms with Crippen LogP contribution in [0.25, 0.3) is 0 Å². The minimum Gasteiger partial charge on any atom is -0.387 e. The monoisotopic (exact) mass is 268 g/mol. The SMILES string of the molecule is CCN(C(=O)c1cc(C)ccc1NC)c1ccccc1. The summed E-state index contributed by atoms with van der Waals surface area (Å²) >= 11 is 0. The van der Waals surface area contributed by atoms with E-state index in [9.17, 15) is 4.79 Å². The first-order valence-electron chi connectivity index (χ1n) is 6.82. The average molecular weight is 268 g/mol. The van der Waals surface area contributed by atoms with Gasteiger partial charge in [-0.1, -0.05) is 29.8 Å². The van der Waals surface area contributed by atoms with E-state index in [-0.39, 0.29) is 5.91 Å². The van der Waals surface area contributed by atoms with Crippen molar-refractivity contribution < 1.29 is 4.79 Å². The lowest BCUT2D eigenvalue weighted by Gasteiger charge is -2.22. The number of carbonyl (C=O) groups is 1. The number of benzene rings is 2. The number of anilines is 2. The summed E-state index contributed by atoms with van der Waals surface area (Å²) in [4.78, 5) is 14.6. The summed E-state index contributed by atoms with van der Waals surface area (Å²) in [5.74, 6) is 0.0201. The van der Waals surface area contributed by atoms with Gasteiger partial charge in [-0.2, -0.15) is 0 Å². The fourth-order valence-corrected chi connectivity index (χ4v) is 2.25. The van der Waals surface area contributed by atoms with Crippen LogP contribution in [0, 0.1) is 6.92 Å². The van der Waals surface area contributed by atoms with E-state index in [1.165, 1.54) is 0 Å². The summed E-state index contributed by atoms with van der Waals surface area (Å²) in [6.45, 7) is 4.62. The number of hydrogen-bond donors (Lipinski definition) is 1. The molecule has 20 heavy (non-hydrogen) atoms. The third-order valence-electron chi connectivity index (χ3n) is 3.30. The fourth-order valence-electron chi connectivity index (χ4n) is 2.25. The van der Waals surface area contributed by atoms with Crippen molar-refractivity contribution in [3.05, 3.63) is 59.7 Å². The molecule has 0 spiro atoms. The summed E-state index contributed by atoms with van der Waals surface area (Å²) in [7, 11) is 1.83. The van der Waals surface area contributed by atoms with Crippen molar-refractivity contribution in [1.82, 2.24) is 0 Å². The van der Waals surface area contributed by atoms with Crippen molar-refractivity contribution in [1.29, 1.82) is 0 Å². The second-order valence-electron chi connectivity index (χ2n) is 4.68. The Kier molecular flexibility index (Phi) is 4.41. The van der Waals surface area contributed by atoms with Crippen LogP contribution in [0.1, 0.15) is 22.8 Å². The average Bonchev–Trinajstić information content (AvgIpc) is 2.49. The molecule has 0 unspecified atom stereocenters. The molecule has 1 N–H and O–H groups in total. The zero-order chi connectivity index (χ0) is 14.5. The van der Waals surface area contributed by atoms with Gasteiger partial charge in [0, 0.05) is 25.0 Å². The number of carbonyl (C=O) groups excluding carboxylic acids is 1. The molecule has 2 rings (SSSR count). The molecule has 1 amide bonds. The van der Waals surface area contributed by atoms with Gasteiger partial charge >= 0.3 is 0 Å². The Balaban J connectivity index is 2.41. The zero-order valence-electron chi connectivity index (χ0n) is 12.2. The highest BCUT2D eigenvalue weighted by molar-refractivity contribution is 6.09. The first-order chi connectivity index (χ1) is 9.67. The molecule has 0 saturated carbocycles. The van der Waals surface area contributed by atoms with Gasteiger partial charge < -0.3 is 10.2 Å². The normalized spacial score (nSPS) is 10.2. The van der Waals surface area contributed by atoms with Gasteiger partial charge in [0.1, 0.15) is 0 Å². The van der Waals surface area contributed by atoms with Crippen molar-refractivity contribution in [3.63, 3.8) is 0 Å². The number of hydrogen-bond acceptors (Lipinski definition) is 2. The second-order valence-corrected chi connectivity index (χ2v) is 4.68.